The molecule has 2 heterocycles. The van der Waals surface area contributed by atoms with Gasteiger partial charge in [-0.2, -0.15) is 4.72 Å². The zero-order valence-corrected chi connectivity index (χ0v) is 11.0. The summed E-state index contributed by atoms with van der Waals surface area (Å²) >= 11 is 5.45. The molecule has 1 aromatic heterocycles. The van der Waals surface area contributed by atoms with Crippen molar-refractivity contribution in [1.82, 2.24) is 20.0 Å². The third-order valence-corrected chi connectivity index (χ3v) is 4.06. The van der Waals surface area contributed by atoms with Crippen molar-refractivity contribution in [1.29, 1.82) is 0 Å². The van der Waals surface area contributed by atoms with Crippen LogP contribution in [0, 0.1) is 0 Å². The molecule has 2 rings (SSSR count). The van der Waals surface area contributed by atoms with Gasteiger partial charge in [-0.15, -0.1) is 0 Å². The molecule has 10 heteroatoms. The van der Waals surface area contributed by atoms with E-state index in [0.717, 1.165) is 12.4 Å². The third kappa shape index (κ3) is 3.25. The third-order valence-electron chi connectivity index (χ3n) is 2.44. The van der Waals surface area contributed by atoms with Crippen LogP contribution >= 0.6 is 11.6 Å². The number of nitrogens with one attached hydrogen (secondary N) is 2. The van der Waals surface area contributed by atoms with Crippen molar-refractivity contribution >= 4 is 33.4 Å². The summed E-state index contributed by atoms with van der Waals surface area (Å²) < 4.78 is 26.1. The van der Waals surface area contributed by atoms with E-state index in [0.29, 0.717) is 0 Å². The van der Waals surface area contributed by atoms with Crippen molar-refractivity contribution in [2.24, 2.45) is 0 Å². The van der Waals surface area contributed by atoms with Gasteiger partial charge in [-0.25, -0.2) is 18.4 Å². The van der Waals surface area contributed by atoms with E-state index in [9.17, 15) is 18.0 Å². The number of nitrogens with zero attached hydrogens (tertiary/aromatic N) is 2. The number of amides is 2. The topological polar surface area (TPSA) is 118 Å². The highest BCUT2D eigenvalue weighted by Crippen LogP contribution is 2.11. The minimum atomic E-state index is -3.93. The zero-order valence-electron chi connectivity index (χ0n) is 9.46. The first-order valence-corrected chi connectivity index (χ1v) is 7.08. The van der Waals surface area contributed by atoms with Gasteiger partial charge in [0.2, 0.25) is 27.1 Å². The SMILES string of the molecule is O=C1CCC(NS(=O)(=O)c2cnc(Cl)nc2)C(=O)N1. The van der Waals surface area contributed by atoms with Gasteiger partial charge in [-0.1, -0.05) is 0 Å². The van der Waals surface area contributed by atoms with Crippen LogP contribution in [0.4, 0.5) is 0 Å². The second-order valence-electron chi connectivity index (χ2n) is 3.81. The number of imide groups is 1. The Bertz CT molecular complexity index is 616. The molecule has 0 bridgehead atoms. The van der Waals surface area contributed by atoms with Crippen LogP contribution in [-0.4, -0.2) is 36.2 Å². The van der Waals surface area contributed by atoms with Gasteiger partial charge in [0.1, 0.15) is 10.9 Å². The summed E-state index contributed by atoms with van der Waals surface area (Å²) in [5.41, 5.74) is 0. The van der Waals surface area contributed by atoms with Crippen LogP contribution in [0.5, 0.6) is 0 Å². The summed E-state index contributed by atoms with van der Waals surface area (Å²) in [5.74, 6) is -1.09. The van der Waals surface area contributed by atoms with Crippen LogP contribution in [-0.2, 0) is 19.6 Å². The van der Waals surface area contributed by atoms with E-state index >= 15 is 0 Å². The highest BCUT2D eigenvalue weighted by molar-refractivity contribution is 7.89. The zero-order chi connectivity index (χ0) is 14.0. The van der Waals surface area contributed by atoms with Gasteiger partial charge >= 0.3 is 0 Å². The lowest BCUT2D eigenvalue weighted by Gasteiger charge is -2.21. The van der Waals surface area contributed by atoms with E-state index in [-0.39, 0.29) is 23.0 Å². The fraction of sp³-hybridized carbons (Fsp3) is 0.333. The first-order valence-electron chi connectivity index (χ1n) is 5.22. The molecule has 1 unspecified atom stereocenters. The predicted molar refractivity (Wildman–Crippen MR) is 63.5 cm³/mol. The summed E-state index contributed by atoms with van der Waals surface area (Å²) in [6, 6.07) is -0.988. The lowest BCUT2D eigenvalue weighted by Crippen LogP contribution is -2.52. The average Bonchev–Trinajstić information content (AvgIpc) is 2.33. The first-order chi connectivity index (χ1) is 8.88. The fourth-order valence-electron chi connectivity index (χ4n) is 1.50. The Hall–Kier alpha value is -1.58. The molecular formula is C9H9ClN4O4S. The lowest BCUT2D eigenvalue weighted by atomic mass is 10.1. The number of carbonyl (C=O) groups is 2. The molecule has 0 saturated carbocycles. The van der Waals surface area contributed by atoms with Crippen LogP contribution in [0.2, 0.25) is 5.28 Å². The van der Waals surface area contributed by atoms with Gasteiger partial charge in [0.05, 0.1) is 12.4 Å². The molecule has 2 amide bonds. The Morgan fingerprint density at radius 1 is 1.32 bits per heavy atom. The summed E-state index contributed by atoms with van der Waals surface area (Å²) in [6.07, 6.45) is 2.25. The van der Waals surface area contributed by atoms with Crippen LogP contribution in [0.15, 0.2) is 17.3 Å². The molecule has 2 N–H and O–H groups in total. The fourth-order valence-corrected chi connectivity index (χ4v) is 2.72. The van der Waals surface area contributed by atoms with E-state index in [4.69, 9.17) is 11.6 Å². The minimum Gasteiger partial charge on any atom is -0.295 e. The smallest absolute Gasteiger partial charge is 0.244 e. The largest absolute Gasteiger partial charge is 0.295 e. The van der Waals surface area contributed by atoms with Gasteiger partial charge in [0, 0.05) is 6.42 Å². The molecule has 0 radical (unpaired) electrons. The van der Waals surface area contributed by atoms with E-state index < -0.39 is 27.9 Å². The van der Waals surface area contributed by atoms with Crippen molar-refractivity contribution in [2.45, 2.75) is 23.8 Å². The number of rotatable bonds is 3. The van der Waals surface area contributed by atoms with E-state index in [1.54, 1.807) is 0 Å². The van der Waals surface area contributed by atoms with Crippen molar-refractivity contribution in [2.75, 3.05) is 0 Å². The van der Waals surface area contributed by atoms with Gasteiger partial charge < -0.3 is 0 Å². The normalized spacial score (nSPS) is 20.2. The predicted octanol–water partition coefficient (Wildman–Crippen LogP) is -0.786. The van der Waals surface area contributed by atoms with E-state index in [1.807, 2.05) is 0 Å². The van der Waals surface area contributed by atoms with Crippen molar-refractivity contribution in [3.8, 4) is 0 Å². The summed E-state index contributed by atoms with van der Waals surface area (Å²) in [4.78, 5) is 29.3. The average molecular weight is 305 g/mol. The van der Waals surface area contributed by atoms with E-state index in [2.05, 4.69) is 20.0 Å². The molecule has 19 heavy (non-hydrogen) atoms. The van der Waals surface area contributed by atoms with Crippen LogP contribution in [0.3, 0.4) is 0 Å². The number of piperidine rings is 1. The minimum absolute atomic E-state index is 0.0794. The maximum atomic E-state index is 11.9. The lowest BCUT2D eigenvalue weighted by molar-refractivity contribution is -0.134. The molecule has 0 aliphatic carbocycles. The number of aromatic nitrogens is 2. The Labute approximate surface area is 113 Å². The van der Waals surface area contributed by atoms with Gasteiger partial charge in [0.15, 0.2) is 0 Å². The summed E-state index contributed by atoms with van der Waals surface area (Å²) in [7, 11) is -3.93. The maximum absolute atomic E-state index is 11.9. The molecule has 8 nitrogen and oxygen atoms in total. The van der Waals surface area contributed by atoms with Gasteiger partial charge in [0.25, 0.3) is 0 Å². The monoisotopic (exact) mass is 304 g/mol. The number of hydrogen-bond donors (Lipinski definition) is 2. The second-order valence-corrected chi connectivity index (χ2v) is 5.86. The Kier molecular flexibility index (Phi) is 3.78. The van der Waals surface area contributed by atoms with Crippen molar-refractivity contribution in [3.63, 3.8) is 0 Å². The number of sulfonamides is 1. The molecule has 0 aromatic carbocycles. The Morgan fingerprint density at radius 3 is 2.53 bits per heavy atom. The number of halogens is 1. The molecule has 102 valence electrons. The molecule has 1 atom stereocenters. The molecule has 1 saturated heterocycles. The standard InChI is InChI=1S/C9H9ClN4O4S/c10-9-11-3-5(4-12-9)19(17,18)14-6-1-2-7(15)13-8(6)16/h3-4,6,14H,1-2H2,(H,13,15,16). The quantitative estimate of drug-likeness (QED) is 0.558. The number of hydrogen-bond acceptors (Lipinski definition) is 6. The highest BCUT2D eigenvalue weighted by atomic mass is 35.5. The van der Waals surface area contributed by atoms with Gasteiger partial charge in [-0.3, -0.25) is 14.9 Å². The molecule has 1 aliphatic rings. The second kappa shape index (κ2) is 5.19. The van der Waals surface area contributed by atoms with Gasteiger partial charge in [-0.05, 0) is 18.0 Å². The number of carbonyl (C=O) groups excluding carboxylic acids is 2. The highest BCUT2D eigenvalue weighted by Gasteiger charge is 2.31. The molecule has 1 aliphatic heterocycles. The van der Waals surface area contributed by atoms with Crippen molar-refractivity contribution < 1.29 is 18.0 Å². The maximum Gasteiger partial charge on any atom is 0.244 e. The summed E-state index contributed by atoms with van der Waals surface area (Å²) in [5, 5.41) is 1.97. The molecule has 0 spiro atoms. The molecule has 1 fully saturated rings. The summed E-state index contributed by atoms with van der Waals surface area (Å²) in [6.45, 7) is 0. The molecular weight excluding hydrogens is 296 g/mol. The van der Waals surface area contributed by atoms with Crippen molar-refractivity contribution in [3.05, 3.63) is 17.7 Å². The van der Waals surface area contributed by atoms with E-state index in [1.165, 1.54) is 0 Å². The van der Waals surface area contributed by atoms with Crippen LogP contribution in [0.25, 0.3) is 0 Å². The first kappa shape index (κ1) is 13.8. The Morgan fingerprint density at radius 2 is 1.95 bits per heavy atom. The Balaban J connectivity index is 2.15. The molecule has 1 aromatic rings. The van der Waals surface area contributed by atoms with Crippen LogP contribution < -0.4 is 10.0 Å². The van der Waals surface area contributed by atoms with Crippen LogP contribution in [0.1, 0.15) is 12.8 Å².